The Morgan fingerprint density at radius 1 is 1.29 bits per heavy atom. The van der Waals surface area contributed by atoms with Crippen molar-refractivity contribution in [1.82, 2.24) is 19.7 Å². The summed E-state index contributed by atoms with van der Waals surface area (Å²) >= 11 is 0. The lowest BCUT2D eigenvalue weighted by atomic mass is 9.85. The van der Waals surface area contributed by atoms with Crippen LogP contribution in [0, 0.1) is 17.8 Å². The smallest absolute Gasteiger partial charge is 0.222 e. The minimum Gasteiger partial charge on any atom is -0.342 e. The number of carbonyl (C=O) groups is 1. The SMILES string of the molecule is CC(C)n1cnnc1[C@@H]1CCCN(C(=O)C[C@H]2C[C@H]3CC[C@H]2C3)C1. The summed E-state index contributed by atoms with van der Waals surface area (Å²) in [6.45, 7) is 6.07. The van der Waals surface area contributed by atoms with E-state index in [2.05, 4.69) is 33.5 Å². The minimum atomic E-state index is 0.340. The van der Waals surface area contributed by atoms with Gasteiger partial charge in [0.2, 0.25) is 5.91 Å². The highest BCUT2D eigenvalue weighted by molar-refractivity contribution is 5.76. The van der Waals surface area contributed by atoms with Gasteiger partial charge in [-0.25, -0.2) is 0 Å². The monoisotopic (exact) mass is 330 g/mol. The van der Waals surface area contributed by atoms with Gasteiger partial charge in [-0.3, -0.25) is 4.79 Å². The first-order valence-electron chi connectivity index (χ1n) is 9.79. The van der Waals surface area contributed by atoms with Gasteiger partial charge in [0.1, 0.15) is 12.2 Å². The highest BCUT2D eigenvalue weighted by atomic mass is 16.2. The van der Waals surface area contributed by atoms with E-state index in [9.17, 15) is 4.79 Å². The molecule has 0 spiro atoms. The van der Waals surface area contributed by atoms with Crippen LogP contribution in [0.25, 0.3) is 0 Å². The maximum Gasteiger partial charge on any atom is 0.222 e. The zero-order valence-corrected chi connectivity index (χ0v) is 15.0. The lowest BCUT2D eigenvalue weighted by molar-refractivity contribution is -0.133. The summed E-state index contributed by atoms with van der Waals surface area (Å²) in [6.07, 6.45) is 10.3. The number of rotatable bonds is 4. The van der Waals surface area contributed by atoms with E-state index in [0.29, 0.717) is 23.8 Å². The molecule has 2 saturated carbocycles. The molecule has 3 fully saturated rings. The van der Waals surface area contributed by atoms with Crippen molar-refractivity contribution in [1.29, 1.82) is 0 Å². The average Bonchev–Trinajstić information content (AvgIpc) is 3.31. The van der Waals surface area contributed by atoms with E-state index in [1.807, 2.05) is 6.33 Å². The first-order valence-corrected chi connectivity index (χ1v) is 9.79. The third-order valence-corrected chi connectivity index (χ3v) is 6.62. The number of nitrogens with zero attached hydrogens (tertiary/aromatic N) is 4. The topological polar surface area (TPSA) is 51.0 Å². The highest BCUT2D eigenvalue weighted by Gasteiger charge is 2.41. The summed E-state index contributed by atoms with van der Waals surface area (Å²) in [5.74, 6) is 4.20. The van der Waals surface area contributed by atoms with Crippen LogP contribution < -0.4 is 0 Å². The second-order valence-corrected chi connectivity index (χ2v) is 8.51. The number of carbonyl (C=O) groups excluding carboxylic acids is 1. The molecule has 1 aromatic rings. The van der Waals surface area contributed by atoms with Crippen molar-refractivity contribution < 1.29 is 4.79 Å². The fourth-order valence-corrected chi connectivity index (χ4v) is 5.34. The summed E-state index contributed by atoms with van der Waals surface area (Å²) < 4.78 is 2.16. The molecule has 0 unspecified atom stereocenters. The molecule has 0 N–H and O–H groups in total. The summed E-state index contributed by atoms with van der Waals surface area (Å²) in [5, 5.41) is 8.47. The number of likely N-dealkylation sites (tertiary alicyclic amines) is 1. The lowest BCUT2D eigenvalue weighted by Gasteiger charge is -2.34. The van der Waals surface area contributed by atoms with Gasteiger partial charge in [-0.1, -0.05) is 6.42 Å². The molecule has 2 heterocycles. The Bertz CT molecular complexity index is 596. The Balaban J connectivity index is 1.39. The van der Waals surface area contributed by atoms with Crippen LogP contribution in [-0.4, -0.2) is 38.7 Å². The molecular formula is C19H30N4O. The number of aromatic nitrogens is 3. The van der Waals surface area contributed by atoms with Crippen LogP contribution >= 0.6 is 0 Å². The molecule has 3 aliphatic rings. The van der Waals surface area contributed by atoms with E-state index in [1.165, 1.54) is 25.7 Å². The molecule has 5 nitrogen and oxygen atoms in total. The molecule has 1 saturated heterocycles. The number of hydrogen-bond acceptors (Lipinski definition) is 3. The molecule has 132 valence electrons. The highest BCUT2D eigenvalue weighted by Crippen LogP contribution is 2.49. The van der Waals surface area contributed by atoms with Crippen LogP contribution in [0.15, 0.2) is 6.33 Å². The van der Waals surface area contributed by atoms with E-state index in [1.54, 1.807) is 0 Å². The van der Waals surface area contributed by atoms with Gasteiger partial charge in [-0.15, -0.1) is 10.2 Å². The van der Waals surface area contributed by atoms with Gasteiger partial charge < -0.3 is 9.47 Å². The van der Waals surface area contributed by atoms with Gasteiger partial charge in [-0.05, 0) is 63.7 Å². The van der Waals surface area contributed by atoms with Crippen molar-refractivity contribution in [2.24, 2.45) is 17.8 Å². The Morgan fingerprint density at radius 3 is 2.88 bits per heavy atom. The fraction of sp³-hybridized carbons (Fsp3) is 0.842. The standard InChI is InChI=1S/C19H30N4O/c1-13(2)23-12-20-21-19(23)16-4-3-7-22(11-16)18(24)10-17-9-14-5-6-15(17)8-14/h12-17H,3-11H2,1-2H3/t14-,15-,16+,17+/m0/s1. The van der Waals surface area contributed by atoms with E-state index in [-0.39, 0.29) is 0 Å². The van der Waals surface area contributed by atoms with Crippen molar-refractivity contribution in [3.05, 3.63) is 12.2 Å². The number of piperidine rings is 1. The zero-order valence-electron chi connectivity index (χ0n) is 15.0. The van der Waals surface area contributed by atoms with Gasteiger partial charge in [0.25, 0.3) is 0 Å². The number of hydrogen-bond donors (Lipinski definition) is 0. The third kappa shape index (κ3) is 2.98. The molecule has 2 aliphatic carbocycles. The van der Waals surface area contributed by atoms with Crippen LogP contribution in [-0.2, 0) is 4.79 Å². The maximum absolute atomic E-state index is 12.8. The Hall–Kier alpha value is -1.39. The molecule has 4 rings (SSSR count). The minimum absolute atomic E-state index is 0.340. The molecule has 0 radical (unpaired) electrons. The molecule has 1 aliphatic heterocycles. The molecule has 1 amide bonds. The van der Waals surface area contributed by atoms with Gasteiger partial charge in [0.15, 0.2) is 0 Å². The third-order valence-electron chi connectivity index (χ3n) is 6.62. The molecule has 24 heavy (non-hydrogen) atoms. The van der Waals surface area contributed by atoms with Gasteiger partial charge in [-0.2, -0.15) is 0 Å². The number of fused-ring (bicyclic) bond motifs is 2. The van der Waals surface area contributed by atoms with Crippen molar-refractivity contribution in [2.75, 3.05) is 13.1 Å². The summed E-state index contributed by atoms with van der Waals surface area (Å²) in [7, 11) is 0. The van der Waals surface area contributed by atoms with E-state index in [0.717, 1.165) is 50.0 Å². The predicted molar refractivity (Wildman–Crippen MR) is 92.5 cm³/mol. The Morgan fingerprint density at radius 2 is 2.17 bits per heavy atom. The zero-order chi connectivity index (χ0) is 16.7. The number of amides is 1. The average molecular weight is 330 g/mol. The van der Waals surface area contributed by atoms with Gasteiger partial charge >= 0.3 is 0 Å². The van der Waals surface area contributed by atoms with E-state index < -0.39 is 0 Å². The quantitative estimate of drug-likeness (QED) is 0.850. The molecule has 5 heteroatoms. The summed E-state index contributed by atoms with van der Waals surface area (Å²) in [4.78, 5) is 15.0. The van der Waals surface area contributed by atoms with Crippen molar-refractivity contribution in [2.45, 2.75) is 70.8 Å². The first-order chi connectivity index (χ1) is 11.6. The van der Waals surface area contributed by atoms with Gasteiger partial charge in [0, 0.05) is 31.5 Å². The molecular weight excluding hydrogens is 300 g/mol. The molecule has 2 bridgehead atoms. The molecule has 1 aromatic heterocycles. The maximum atomic E-state index is 12.8. The van der Waals surface area contributed by atoms with Gasteiger partial charge in [0.05, 0.1) is 0 Å². The normalized spacial score (nSPS) is 32.7. The Kier molecular flexibility index (Phi) is 4.35. The summed E-state index contributed by atoms with van der Waals surface area (Å²) in [6, 6.07) is 0.370. The van der Waals surface area contributed by atoms with Crippen molar-refractivity contribution in [3.8, 4) is 0 Å². The van der Waals surface area contributed by atoms with E-state index in [4.69, 9.17) is 0 Å². The molecule has 4 atom stereocenters. The van der Waals surface area contributed by atoms with E-state index >= 15 is 0 Å². The first kappa shape index (κ1) is 16.1. The second-order valence-electron chi connectivity index (χ2n) is 8.51. The van der Waals surface area contributed by atoms with Crippen LogP contribution in [0.3, 0.4) is 0 Å². The van der Waals surface area contributed by atoms with Crippen LogP contribution in [0.1, 0.15) is 76.6 Å². The Labute approximate surface area is 144 Å². The largest absolute Gasteiger partial charge is 0.342 e. The van der Waals surface area contributed by atoms with Crippen molar-refractivity contribution in [3.63, 3.8) is 0 Å². The van der Waals surface area contributed by atoms with Crippen molar-refractivity contribution >= 4 is 5.91 Å². The predicted octanol–water partition coefficient (Wildman–Crippen LogP) is 3.39. The summed E-state index contributed by atoms with van der Waals surface area (Å²) in [5.41, 5.74) is 0. The van der Waals surface area contributed by atoms with Crippen LogP contribution in [0.5, 0.6) is 0 Å². The fourth-order valence-electron chi connectivity index (χ4n) is 5.34. The van der Waals surface area contributed by atoms with Crippen LogP contribution in [0.2, 0.25) is 0 Å². The second kappa shape index (κ2) is 6.49. The lowest BCUT2D eigenvalue weighted by Crippen LogP contribution is -2.40. The molecule has 0 aromatic carbocycles. The van der Waals surface area contributed by atoms with Crippen LogP contribution in [0.4, 0.5) is 0 Å².